The van der Waals surface area contributed by atoms with E-state index in [0.29, 0.717) is 29.9 Å². The molecule has 0 radical (unpaired) electrons. The Hall–Kier alpha value is -3.45. The molecule has 1 fully saturated rings. The van der Waals surface area contributed by atoms with Gasteiger partial charge < -0.3 is 14.6 Å². The first-order valence-electron chi connectivity index (χ1n) is 11.1. The number of nitrogens with zero attached hydrogens (tertiary/aromatic N) is 2. The molecule has 1 aliphatic rings. The summed E-state index contributed by atoms with van der Waals surface area (Å²) in [6, 6.07) is 15.6. The van der Waals surface area contributed by atoms with Crippen LogP contribution in [-0.4, -0.2) is 40.8 Å². The number of nitrogens with one attached hydrogen (secondary N) is 1. The standard InChI is InChI=1S/C26H25N3O3S/c1-16-6-8-18(9-7-16)24-23(28-17(2)33-24)26(31)29(19-10-11-19)14-13-27-25(30)21-4-3-5-22-20(21)12-15-32-22/h3-9,12,15,19H,10-11,13-14H2,1-2H3,(H,27,30). The number of benzene rings is 2. The molecule has 7 heteroatoms. The summed E-state index contributed by atoms with van der Waals surface area (Å²) >= 11 is 1.54. The van der Waals surface area contributed by atoms with Crippen LogP contribution in [0.3, 0.4) is 0 Å². The van der Waals surface area contributed by atoms with Crippen molar-refractivity contribution in [2.24, 2.45) is 0 Å². The van der Waals surface area contributed by atoms with Gasteiger partial charge in [-0.05, 0) is 50.5 Å². The summed E-state index contributed by atoms with van der Waals surface area (Å²) < 4.78 is 5.39. The molecule has 168 valence electrons. The summed E-state index contributed by atoms with van der Waals surface area (Å²) in [6.07, 6.45) is 3.55. The van der Waals surface area contributed by atoms with Crippen LogP contribution >= 0.6 is 11.3 Å². The van der Waals surface area contributed by atoms with Crippen LogP contribution in [-0.2, 0) is 0 Å². The Morgan fingerprint density at radius 3 is 2.67 bits per heavy atom. The molecule has 0 bridgehead atoms. The van der Waals surface area contributed by atoms with Crippen LogP contribution in [0.1, 0.15) is 44.3 Å². The van der Waals surface area contributed by atoms with E-state index in [1.807, 2.05) is 49.1 Å². The minimum atomic E-state index is -0.171. The fourth-order valence-electron chi connectivity index (χ4n) is 4.02. The van der Waals surface area contributed by atoms with Gasteiger partial charge in [0.25, 0.3) is 11.8 Å². The molecule has 2 amide bonds. The van der Waals surface area contributed by atoms with Gasteiger partial charge in [-0.2, -0.15) is 0 Å². The van der Waals surface area contributed by atoms with Crippen molar-refractivity contribution < 1.29 is 14.0 Å². The number of aromatic nitrogens is 1. The van der Waals surface area contributed by atoms with E-state index in [-0.39, 0.29) is 17.9 Å². The van der Waals surface area contributed by atoms with Crippen molar-refractivity contribution in [1.29, 1.82) is 0 Å². The number of furan rings is 1. The summed E-state index contributed by atoms with van der Waals surface area (Å²) in [6.45, 7) is 4.79. The molecule has 0 spiro atoms. The Morgan fingerprint density at radius 1 is 1.12 bits per heavy atom. The maximum absolute atomic E-state index is 13.5. The van der Waals surface area contributed by atoms with Crippen LogP contribution < -0.4 is 5.32 Å². The summed E-state index contributed by atoms with van der Waals surface area (Å²) in [5, 5.41) is 4.62. The van der Waals surface area contributed by atoms with Gasteiger partial charge in [0.05, 0.1) is 21.7 Å². The summed E-state index contributed by atoms with van der Waals surface area (Å²) in [5.41, 5.74) is 3.94. The van der Waals surface area contributed by atoms with Gasteiger partial charge in [-0.25, -0.2) is 4.98 Å². The highest BCUT2D eigenvalue weighted by molar-refractivity contribution is 7.15. The largest absolute Gasteiger partial charge is 0.464 e. The molecule has 0 saturated heterocycles. The maximum atomic E-state index is 13.5. The molecular formula is C26H25N3O3S. The highest BCUT2D eigenvalue weighted by Gasteiger charge is 2.35. The topological polar surface area (TPSA) is 75.4 Å². The molecule has 2 aromatic heterocycles. The van der Waals surface area contributed by atoms with Crippen molar-refractivity contribution >= 4 is 34.1 Å². The van der Waals surface area contributed by atoms with Crippen LogP contribution in [0.2, 0.25) is 0 Å². The fourth-order valence-corrected chi connectivity index (χ4v) is 4.94. The quantitative estimate of drug-likeness (QED) is 0.412. The van der Waals surface area contributed by atoms with E-state index in [1.54, 1.807) is 35.8 Å². The third kappa shape index (κ3) is 4.41. The molecule has 4 aromatic rings. The zero-order valence-corrected chi connectivity index (χ0v) is 19.4. The third-order valence-corrected chi connectivity index (χ3v) is 6.90. The second-order valence-electron chi connectivity index (χ2n) is 8.40. The van der Waals surface area contributed by atoms with E-state index >= 15 is 0 Å². The van der Waals surface area contributed by atoms with Gasteiger partial charge in [0.1, 0.15) is 11.3 Å². The Morgan fingerprint density at radius 2 is 1.91 bits per heavy atom. The van der Waals surface area contributed by atoms with Crippen LogP contribution in [0.5, 0.6) is 0 Å². The van der Waals surface area contributed by atoms with Gasteiger partial charge in [-0.3, -0.25) is 9.59 Å². The second kappa shape index (κ2) is 8.83. The van der Waals surface area contributed by atoms with E-state index in [9.17, 15) is 9.59 Å². The van der Waals surface area contributed by atoms with Gasteiger partial charge in [0.2, 0.25) is 0 Å². The first-order chi connectivity index (χ1) is 16.0. The number of amides is 2. The lowest BCUT2D eigenvalue weighted by Gasteiger charge is -2.22. The molecule has 0 aliphatic heterocycles. The molecule has 0 atom stereocenters. The molecule has 1 aliphatic carbocycles. The fraction of sp³-hybridized carbons (Fsp3) is 0.269. The number of carbonyl (C=O) groups excluding carboxylic acids is 2. The van der Waals surface area contributed by atoms with Crippen LogP contribution in [0.25, 0.3) is 21.4 Å². The molecule has 2 aromatic carbocycles. The Bertz CT molecular complexity index is 1320. The highest BCUT2D eigenvalue weighted by atomic mass is 32.1. The number of fused-ring (bicyclic) bond motifs is 1. The first-order valence-corrected chi connectivity index (χ1v) is 11.9. The first kappa shape index (κ1) is 21.4. The minimum Gasteiger partial charge on any atom is -0.464 e. The predicted molar refractivity (Wildman–Crippen MR) is 130 cm³/mol. The van der Waals surface area contributed by atoms with Gasteiger partial charge in [-0.15, -0.1) is 11.3 Å². The van der Waals surface area contributed by atoms with Gasteiger partial charge in [-0.1, -0.05) is 35.9 Å². The van der Waals surface area contributed by atoms with Crippen LogP contribution in [0.15, 0.2) is 59.2 Å². The second-order valence-corrected chi connectivity index (χ2v) is 9.60. The van der Waals surface area contributed by atoms with Crippen molar-refractivity contribution in [3.63, 3.8) is 0 Å². The Kier molecular flexibility index (Phi) is 5.72. The number of hydrogen-bond acceptors (Lipinski definition) is 5. The lowest BCUT2D eigenvalue weighted by molar-refractivity contribution is 0.0732. The average molecular weight is 460 g/mol. The Labute approximate surface area is 196 Å². The van der Waals surface area contributed by atoms with E-state index < -0.39 is 0 Å². The Balaban J connectivity index is 1.31. The normalized spacial score (nSPS) is 13.3. The minimum absolute atomic E-state index is 0.0661. The summed E-state index contributed by atoms with van der Waals surface area (Å²) in [4.78, 5) is 33.7. The molecule has 6 nitrogen and oxygen atoms in total. The monoisotopic (exact) mass is 459 g/mol. The average Bonchev–Trinajstić information content (AvgIpc) is 3.39. The van der Waals surface area contributed by atoms with Gasteiger partial charge >= 0.3 is 0 Å². The van der Waals surface area contributed by atoms with Gasteiger partial charge in [0, 0.05) is 24.5 Å². The lowest BCUT2D eigenvalue weighted by atomic mass is 10.1. The SMILES string of the molecule is Cc1ccc(-c2sc(C)nc2C(=O)N(CCNC(=O)c2cccc3occc23)C2CC2)cc1. The van der Waals surface area contributed by atoms with Crippen molar-refractivity contribution in [3.8, 4) is 10.4 Å². The summed E-state index contributed by atoms with van der Waals surface area (Å²) in [7, 11) is 0. The van der Waals surface area contributed by atoms with Crippen LogP contribution in [0.4, 0.5) is 0 Å². The predicted octanol–water partition coefficient (Wildman–Crippen LogP) is 5.21. The number of aryl methyl sites for hydroxylation is 2. The number of rotatable bonds is 7. The smallest absolute Gasteiger partial charge is 0.274 e. The molecule has 0 unspecified atom stereocenters. The van der Waals surface area contributed by atoms with Crippen molar-refractivity contribution in [1.82, 2.24) is 15.2 Å². The number of thiazole rings is 1. The zero-order chi connectivity index (χ0) is 22.9. The van der Waals surface area contributed by atoms with Crippen molar-refractivity contribution in [2.75, 3.05) is 13.1 Å². The number of carbonyl (C=O) groups is 2. The zero-order valence-electron chi connectivity index (χ0n) is 18.6. The lowest BCUT2D eigenvalue weighted by Crippen LogP contribution is -2.40. The summed E-state index contributed by atoms with van der Waals surface area (Å²) in [5.74, 6) is -0.237. The molecule has 1 saturated carbocycles. The molecule has 1 N–H and O–H groups in total. The van der Waals surface area contributed by atoms with E-state index in [4.69, 9.17) is 4.42 Å². The van der Waals surface area contributed by atoms with Crippen molar-refractivity contribution in [3.05, 3.63) is 76.6 Å². The molecule has 5 rings (SSSR count). The maximum Gasteiger partial charge on any atom is 0.274 e. The van der Waals surface area contributed by atoms with Crippen LogP contribution in [0, 0.1) is 13.8 Å². The highest BCUT2D eigenvalue weighted by Crippen LogP contribution is 2.34. The molecule has 2 heterocycles. The van der Waals surface area contributed by atoms with E-state index in [2.05, 4.69) is 10.3 Å². The van der Waals surface area contributed by atoms with Gasteiger partial charge in [0.15, 0.2) is 0 Å². The molecular weight excluding hydrogens is 434 g/mol. The van der Waals surface area contributed by atoms with Crippen molar-refractivity contribution in [2.45, 2.75) is 32.7 Å². The molecule has 33 heavy (non-hydrogen) atoms. The third-order valence-electron chi connectivity index (χ3n) is 5.88. The number of hydrogen-bond donors (Lipinski definition) is 1. The van der Waals surface area contributed by atoms with E-state index in [0.717, 1.165) is 33.7 Å². The van der Waals surface area contributed by atoms with E-state index in [1.165, 1.54) is 5.56 Å².